The highest BCUT2D eigenvalue weighted by Gasteiger charge is 2.15. The molecule has 0 fully saturated rings. The fourth-order valence-corrected chi connectivity index (χ4v) is 1.85. The summed E-state index contributed by atoms with van der Waals surface area (Å²) in [5.41, 5.74) is 2.78. The number of carbonyl (C=O) groups excluding carboxylic acids is 1. The number of anilines is 1. The van der Waals surface area contributed by atoms with Gasteiger partial charge in [-0.15, -0.1) is 0 Å². The summed E-state index contributed by atoms with van der Waals surface area (Å²) in [6, 6.07) is 5.80. The van der Waals surface area contributed by atoms with E-state index >= 15 is 0 Å². The van der Waals surface area contributed by atoms with Crippen molar-refractivity contribution in [2.24, 2.45) is 5.92 Å². The number of benzene rings is 1. The van der Waals surface area contributed by atoms with E-state index in [1.165, 1.54) is 0 Å². The predicted octanol–water partition coefficient (Wildman–Crippen LogP) is 2.49. The maximum Gasteiger partial charge on any atom is 0.229 e. The molecule has 17 heavy (non-hydrogen) atoms. The second-order valence-electron chi connectivity index (χ2n) is 4.58. The zero-order chi connectivity index (χ0) is 12.6. The number of carbonyl (C=O) groups is 1. The second-order valence-corrected chi connectivity index (χ2v) is 4.58. The maximum absolute atomic E-state index is 11.9. The van der Waals surface area contributed by atoms with Crippen molar-refractivity contribution in [1.82, 2.24) is 9.97 Å². The van der Waals surface area contributed by atoms with Crippen LogP contribution in [0.3, 0.4) is 0 Å². The number of aromatic nitrogens is 2. The van der Waals surface area contributed by atoms with Crippen LogP contribution in [0.5, 0.6) is 0 Å². The molecule has 90 valence electrons. The molecule has 1 aromatic heterocycles. The molecule has 0 atom stereocenters. The van der Waals surface area contributed by atoms with Crippen LogP contribution >= 0.6 is 0 Å². The first kappa shape index (κ1) is 11.6. The molecule has 1 N–H and O–H groups in total. The van der Waals surface area contributed by atoms with Crippen LogP contribution in [0, 0.1) is 12.8 Å². The van der Waals surface area contributed by atoms with Gasteiger partial charge in [0.1, 0.15) is 5.82 Å². The maximum atomic E-state index is 11.9. The van der Waals surface area contributed by atoms with Crippen molar-refractivity contribution in [3.8, 4) is 0 Å². The molecule has 0 aliphatic carbocycles. The van der Waals surface area contributed by atoms with Crippen LogP contribution in [0.1, 0.15) is 19.7 Å². The molecule has 0 saturated carbocycles. The van der Waals surface area contributed by atoms with Crippen molar-refractivity contribution in [1.29, 1.82) is 0 Å². The van der Waals surface area contributed by atoms with Crippen molar-refractivity contribution < 1.29 is 4.79 Å². The first-order valence-electron chi connectivity index (χ1n) is 5.73. The summed E-state index contributed by atoms with van der Waals surface area (Å²) in [5.74, 6) is 0.995. The number of amides is 1. The molecule has 0 aliphatic heterocycles. The molecule has 1 heterocycles. The molecular weight excluding hydrogens is 214 g/mol. The third kappa shape index (κ3) is 2.16. The molecule has 1 aromatic carbocycles. The molecule has 2 aromatic rings. The quantitative estimate of drug-likeness (QED) is 0.863. The number of nitrogens with zero attached hydrogens (tertiary/aromatic N) is 2. The third-order valence-corrected chi connectivity index (χ3v) is 2.80. The molecule has 0 aliphatic rings. The summed E-state index contributed by atoms with van der Waals surface area (Å²) in [6.45, 7) is 5.72. The van der Waals surface area contributed by atoms with E-state index in [4.69, 9.17) is 0 Å². The van der Waals surface area contributed by atoms with Crippen molar-refractivity contribution >= 4 is 22.6 Å². The molecule has 1 amide bonds. The number of fused-ring (bicyclic) bond motifs is 1. The van der Waals surface area contributed by atoms with Crippen LogP contribution in [0.15, 0.2) is 18.2 Å². The van der Waals surface area contributed by atoms with Gasteiger partial charge in [0, 0.05) is 18.7 Å². The highest BCUT2D eigenvalue weighted by molar-refractivity contribution is 5.95. The Morgan fingerprint density at radius 3 is 2.76 bits per heavy atom. The molecular formula is C13H17N3O. The smallest absolute Gasteiger partial charge is 0.229 e. The number of imidazole rings is 1. The fourth-order valence-electron chi connectivity index (χ4n) is 1.85. The number of nitrogens with one attached hydrogen (secondary N) is 1. The van der Waals surface area contributed by atoms with Gasteiger partial charge in [0.25, 0.3) is 0 Å². The standard InChI is InChI=1S/C13H17N3O/c1-8(2)13(17)16(4)10-5-6-11-12(7-10)15-9(3)14-11/h5-8H,1-4H3,(H,14,15). The average Bonchev–Trinajstić information content (AvgIpc) is 2.65. The minimum absolute atomic E-state index is 0.000741. The van der Waals surface area contributed by atoms with E-state index in [2.05, 4.69) is 9.97 Å². The van der Waals surface area contributed by atoms with Gasteiger partial charge >= 0.3 is 0 Å². The Morgan fingerprint density at radius 2 is 2.12 bits per heavy atom. The minimum atomic E-state index is -0.000741. The lowest BCUT2D eigenvalue weighted by molar-refractivity contribution is -0.121. The van der Waals surface area contributed by atoms with Crippen LogP contribution in [0.4, 0.5) is 5.69 Å². The van der Waals surface area contributed by atoms with Gasteiger partial charge in [0.05, 0.1) is 11.0 Å². The zero-order valence-corrected chi connectivity index (χ0v) is 10.6. The van der Waals surface area contributed by atoms with E-state index in [1.54, 1.807) is 11.9 Å². The molecule has 0 unspecified atom stereocenters. The SMILES string of the molecule is Cc1nc2ccc(N(C)C(=O)C(C)C)cc2[nH]1. The first-order valence-corrected chi connectivity index (χ1v) is 5.73. The van der Waals surface area contributed by atoms with Gasteiger partial charge < -0.3 is 9.88 Å². The normalized spacial score (nSPS) is 11.1. The van der Waals surface area contributed by atoms with Crippen LogP contribution in [-0.2, 0) is 4.79 Å². The summed E-state index contributed by atoms with van der Waals surface area (Å²) in [6.07, 6.45) is 0. The van der Waals surface area contributed by atoms with Crippen LogP contribution in [0.2, 0.25) is 0 Å². The van der Waals surface area contributed by atoms with Crippen molar-refractivity contribution in [3.63, 3.8) is 0 Å². The van der Waals surface area contributed by atoms with E-state index in [-0.39, 0.29) is 11.8 Å². The second kappa shape index (κ2) is 4.20. The van der Waals surface area contributed by atoms with Gasteiger partial charge in [0.15, 0.2) is 0 Å². The van der Waals surface area contributed by atoms with E-state index in [9.17, 15) is 4.79 Å². The topological polar surface area (TPSA) is 49.0 Å². The molecule has 0 saturated heterocycles. The lowest BCUT2D eigenvalue weighted by atomic mass is 10.1. The number of H-pyrrole nitrogens is 1. The lowest BCUT2D eigenvalue weighted by Gasteiger charge is -2.19. The number of aryl methyl sites for hydroxylation is 1. The Kier molecular flexibility index (Phi) is 2.88. The summed E-state index contributed by atoms with van der Waals surface area (Å²) >= 11 is 0. The van der Waals surface area contributed by atoms with Gasteiger partial charge in [-0.2, -0.15) is 0 Å². The molecule has 0 spiro atoms. The van der Waals surface area contributed by atoms with Gasteiger partial charge in [-0.05, 0) is 25.1 Å². The van der Waals surface area contributed by atoms with Crippen molar-refractivity contribution in [3.05, 3.63) is 24.0 Å². The number of rotatable bonds is 2. The summed E-state index contributed by atoms with van der Waals surface area (Å²) in [5, 5.41) is 0. The lowest BCUT2D eigenvalue weighted by Crippen LogP contribution is -2.30. The monoisotopic (exact) mass is 231 g/mol. The van der Waals surface area contributed by atoms with Gasteiger partial charge in [-0.3, -0.25) is 4.79 Å². The van der Waals surface area contributed by atoms with E-state index in [0.29, 0.717) is 0 Å². The molecule has 0 bridgehead atoms. The highest BCUT2D eigenvalue weighted by Crippen LogP contribution is 2.20. The Labute approximate surface area is 101 Å². The fraction of sp³-hybridized carbons (Fsp3) is 0.385. The summed E-state index contributed by atoms with van der Waals surface area (Å²) in [4.78, 5) is 21.1. The number of hydrogen-bond acceptors (Lipinski definition) is 2. The zero-order valence-electron chi connectivity index (χ0n) is 10.6. The van der Waals surface area contributed by atoms with E-state index < -0.39 is 0 Å². The Hall–Kier alpha value is -1.84. The molecule has 4 heteroatoms. The first-order chi connectivity index (χ1) is 7.99. The van der Waals surface area contributed by atoms with Crippen LogP contribution < -0.4 is 4.90 Å². The van der Waals surface area contributed by atoms with Crippen molar-refractivity contribution in [2.75, 3.05) is 11.9 Å². The molecule has 4 nitrogen and oxygen atoms in total. The van der Waals surface area contributed by atoms with Gasteiger partial charge in [-0.1, -0.05) is 13.8 Å². The van der Waals surface area contributed by atoms with Crippen LogP contribution in [0.25, 0.3) is 11.0 Å². The summed E-state index contributed by atoms with van der Waals surface area (Å²) < 4.78 is 0. The summed E-state index contributed by atoms with van der Waals surface area (Å²) in [7, 11) is 1.80. The molecule has 2 rings (SSSR count). The Bertz CT molecular complexity index is 557. The van der Waals surface area contributed by atoms with Crippen LogP contribution in [-0.4, -0.2) is 22.9 Å². The number of aromatic amines is 1. The minimum Gasteiger partial charge on any atom is -0.342 e. The number of hydrogen-bond donors (Lipinski definition) is 1. The largest absolute Gasteiger partial charge is 0.342 e. The predicted molar refractivity (Wildman–Crippen MR) is 69.1 cm³/mol. The average molecular weight is 231 g/mol. The molecule has 0 radical (unpaired) electrons. The van der Waals surface area contributed by atoms with Gasteiger partial charge in [0.2, 0.25) is 5.91 Å². The van der Waals surface area contributed by atoms with Gasteiger partial charge in [-0.25, -0.2) is 4.98 Å². The Morgan fingerprint density at radius 1 is 1.41 bits per heavy atom. The van der Waals surface area contributed by atoms with E-state index in [0.717, 1.165) is 22.5 Å². The Balaban J connectivity index is 2.38. The van der Waals surface area contributed by atoms with Crippen molar-refractivity contribution in [2.45, 2.75) is 20.8 Å². The van der Waals surface area contributed by atoms with E-state index in [1.807, 2.05) is 39.0 Å². The third-order valence-electron chi connectivity index (χ3n) is 2.80. The highest BCUT2D eigenvalue weighted by atomic mass is 16.2.